The predicted octanol–water partition coefficient (Wildman–Crippen LogP) is 1.53. The average molecular weight is 366 g/mol. The Morgan fingerprint density at radius 3 is 2.81 bits per heavy atom. The molecule has 3 aliphatic heterocycles. The van der Waals surface area contributed by atoms with Gasteiger partial charge in [0.05, 0.1) is 25.4 Å². The second kappa shape index (κ2) is 5.75. The molecule has 146 valence electrons. The highest BCUT2D eigenvalue weighted by Gasteiger charge is 2.84. The number of hydrogen-bond donors (Lipinski definition) is 2. The summed E-state index contributed by atoms with van der Waals surface area (Å²) in [5, 5.41) is 21.9. The van der Waals surface area contributed by atoms with Crippen LogP contribution in [0.3, 0.4) is 0 Å². The summed E-state index contributed by atoms with van der Waals surface area (Å²) in [6.45, 7) is 5.40. The molecule has 8 atom stereocenters. The first kappa shape index (κ1) is 17.6. The van der Waals surface area contributed by atoms with Crippen LogP contribution in [0, 0.1) is 10.8 Å². The van der Waals surface area contributed by atoms with Crippen molar-refractivity contribution in [2.75, 3.05) is 19.8 Å². The Morgan fingerprint density at radius 2 is 2.15 bits per heavy atom. The third-order valence-corrected chi connectivity index (χ3v) is 8.00. The van der Waals surface area contributed by atoms with Crippen molar-refractivity contribution in [2.45, 2.75) is 82.3 Å². The first-order valence-electron chi connectivity index (χ1n) is 10.0. The SMILES string of the molecule is CC1=C[C@H]2OC3[C@H](OC4CCCCO4)[C@@H](O)[C@@](C)(C34CO4)[C@@]2(CO)CC1. The molecule has 0 aromatic carbocycles. The van der Waals surface area contributed by atoms with Crippen molar-refractivity contribution in [3.63, 3.8) is 0 Å². The van der Waals surface area contributed by atoms with Gasteiger partial charge in [-0.25, -0.2) is 0 Å². The largest absolute Gasteiger partial charge is 0.396 e. The minimum Gasteiger partial charge on any atom is -0.396 e. The van der Waals surface area contributed by atoms with Gasteiger partial charge in [-0.1, -0.05) is 18.6 Å². The van der Waals surface area contributed by atoms with Crippen molar-refractivity contribution in [3.8, 4) is 0 Å². The van der Waals surface area contributed by atoms with Crippen molar-refractivity contribution in [1.82, 2.24) is 0 Å². The van der Waals surface area contributed by atoms with Gasteiger partial charge in [0.1, 0.15) is 17.8 Å². The Morgan fingerprint density at radius 1 is 1.35 bits per heavy atom. The minimum absolute atomic E-state index is 0.0283. The summed E-state index contributed by atoms with van der Waals surface area (Å²) < 4.78 is 24.5. The first-order chi connectivity index (χ1) is 12.5. The van der Waals surface area contributed by atoms with Crippen LogP contribution in [-0.2, 0) is 18.9 Å². The van der Waals surface area contributed by atoms with Crippen molar-refractivity contribution >= 4 is 0 Å². The zero-order valence-corrected chi connectivity index (χ0v) is 15.6. The highest BCUT2D eigenvalue weighted by atomic mass is 16.7. The maximum atomic E-state index is 11.5. The first-order valence-corrected chi connectivity index (χ1v) is 10.0. The maximum absolute atomic E-state index is 11.5. The number of aliphatic hydroxyl groups excluding tert-OH is 2. The van der Waals surface area contributed by atoms with E-state index in [1.807, 2.05) is 0 Å². The summed E-state index contributed by atoms with van der Waals surface area (Å²) in [5.41, 5.74) is -0.453. The fraction of sp³-hybridized carbons (Fsp3) is 0.900. The third kappa shape index (κ3) is 1.98. The summed E-state index contributed by atoms with van der Waals surface area (Å²) >= 11 is 0. The molecule has 0 aromatic heterocycles. The van der Waals surface area contributed by atoms with Crippen molar-refractivity contribution in [2.24, 2.45) is 10.8 Å². The van der Waals surface area contributed by atoms with Gasteiger partial charge >= 0.3 is 0 Å². The third-order valence-electron chi connectivity index (χ3n) is 8.00. The van der Waals surface area contributed by atoms with E-state index in [0.29, 0.717) is 13.2 Å². The van der Waals surface area contributed by atoms with Crippen LogP contribution in [0.25, 0.3) is 0 Å². The molecule has 5 rings (SSSR count). The molecule has 0 aromatic rings. The average Bonchev–Trinajstić information content (AvgIpc) is 3.43. The molecule has 3 saturated heterocycles. The standard InChI is InChI=1S/C20H30O6/c1-12-6-7-19(10-21)13(9-12)25-17-15(26-14-5-3-4-8-23-14)16(22)18(19,2)20(17)11-24-20/h9,13-17,21-22H,3-8,10-11H2,1-2H3/t13-,14?,15-,16-,17?,18-,19-,20?/m1/s1. The number of rotatable bonds is 3. The highest BCUT2D eigenvalue weighted by Crippen LogP contribution is 2.71. The van der Waals surface area contributed by atoms with E-state index in [1.54, 1.807) is 0 Å². The number of ether oxygens (including phenoxy) is 4. The van der Waals surface area contributed by atoms with E-state index in [0.717, 1.165) is 32.1 Å². The van der Waals surface area contributed by atoms with E-state index in [1.165, 1.54) is 5.57 Å². The van der Waals surface area contributed by atoms with Crippen LogP contribution in [0.1, 0.15) is 46.0 Å². The van der Waals surface area contributed by atoms with Crippen LogP contribution in [0.5, 0.6) is 0 Å². The maximum Gasteiger partial charge on any atom is 0.158 e. The summed E-state index contributed by atoms with van der Waals surface area (Å²) in [4.78, 5) is 0. The number of allylic oxidation sites excluding steroid dienone is 1. The molecular weight excluding hydrogens is 336 g/mol. The fourth-order valence-corrected chi connectivity index (χ4v) is 6.17. The van der Waals surface area contributed by atoms with Gasteiger partial charge in [0, 0.05) is 17.4 Å². The lowest BCUT2D eigenvalue weighted by atomic mass is 9.51. The molecule has 4 fully saturated rings. The molecule has 2 N–H and O–H groups in total. The topological polar surface area (TPSA) is 80.7 Å². The van der Waals surface area contributed by atoms with Gasteiger partial charge in [-0.2, -0.15) is 0 Å². The van der Waals surface area contributed by atoms with Gasteiger partial charge in [0.25, 0.3) is 0 Å². The molecular formula is C20H30O6. The zero-order valence-electron chi connectivity index (χ0n) is 15.6. The van der Waals surface area contributed by atoms with Crippen LogP contribution >= 0.6 is 0 Å². The molecule has 2 aliphatic carbocycles. The lowest BCUT2D eigenvalue weighted by molar-refractivity contribution is -0.237. The molecule has 3 heterocycles. The predicted molar refractivity (Wildman–Crippen MR) is 92.4 cm³/mol. The molecule has 2 bridgehead atoms. The Balaban J connectivity index is 1.54. The Kier molecular flexibility index (Phi) is 3.89. The molecule has 0 amide bonds. The number of epoxide rings is 1. The number of aliphatic hydroxyl groups is 2. The smallest absolute Gasteiger partial charge is 0.158 e. The fourth-order valence-electron chi connectivity index (χ4n) is 6.17. The molecule has 0 radical (unpaired) electrons. The lowest BCUT2D eigenvalue weighted by Crippen LogP contribution is -2.66. The number of hydrogen-bond acceptors (Lipinski definition) is 6. The molecule has 1 saturated carbocycles. The second-order valence-corrected chi connectivity index (χ2v) is 9.03. The van der Waals surface area contributed by atoms with Gasteiger partial charge in [0.2, 0.25) is 0 Å². The van der Waals surface area contributed by atoms with Crippen molar-refractivity contribution < 1.29 is 29.2 Å². The zero-order chi connectivity index (χ0) is 18.2. The molecule has 6 nitrogen and oxygen atoms in total. The van der Waals surface area contributed by atoms with E-state index in [4.69, 9.17) is 18.9 Å². The van der Waals surface area contributed by atoms with E-state index in [9.17, 15) is 10.2 Å². The van der Waals surface area contributed by atoms with Crippen molar-refractivity contribution in [3.05, 3.63) is 11.6 Å². The molecule has 3 unspecified atom stereocenters. The quantitative estimate of drug-likeness (QED) is 0.582. The van der Waals surface area contributed by atoms with Gasteiger partial charge in [0.15, 0.2) is 6.29 Å². The molecule has 1 spiro atoms. The summed E-state index contributed by atoms with van der Waals surface area (Å²) in [7, 11) is 0. The molecule has 5 aliphatic rings. The summed E-state index contributed by atoms with van der Waals surface area (Å²) in [6.07, 6.45) is 4.69. The molecule has 6 heteroatoms. The van der Waals surface area contributed by atoms with Crippen LogP contribution < -0.4 is 0 Å². The van der Waals surface area contributed by atoms with E-state index in [-0.39, 0.29) is 25.1 Å². The number of fused-ring (bicyclic) bond motifs is 2. The lowest BCUT2D eigenvalue weighted by Gasteiger charge is -2.57. The Bertz CT molecular complexity index is 609. The van der Waals surface area contributed by atoms with Gasteiger partial charge in [-0.15, -0.1) is 0 Å². The van der Waals surface area contributed by atoms with Crippen molar-refractivity contribution in [1.29, 1.82) is 0 Å². The second-order valence-electron chi connectivity index (χ2n) is 9.03. The van der Waals surface area contributed by atoms with Crippen LogP contribution in [0.15, 0.2) is 11.6 Å². The molecule has 26 heavy (non-hydrogen) atoms. The monoisotopic (exact) mass is 366 g/mol. The van der Waals surface area contributed by atoms with Gasteiger partial charge < -0.3 is 29.2 Å². The van der Waals surface area contributed by atoms with E-state index >= 15 is 0 Å². The minimum atomic E-state index is -0.760. The normalized spacial score (nSPS) is 55.5. The summed E-state index contributed by atoms with van der Waals surface area (Å²) in [5.74, 6) is 0. The van der Waals surface area contributed by atoms with Gasteiger partial charge in [-0.3, -0.25) is 0 Å². The van der Waals surface area contributed by atoms with Crippen LogP contribution in [-0.4, -0.2) is 66.3 Å². The van der Waals surface area contributed by atoms with E-state index < -0.39 is 28.6 Å². The van der Waals surface area contributed by atoms with Crippen LogP contribution in [0.2, 0.25) is 0 Å². The Hall–Kier alpha value is -0.500. The van der Waals surface area contributed by atoms with Crippen LogP contribution in [0.4, 0.5) is 0 Å². The Labute approximate surface area is 154 Å². The van der Waals surface area contributed by atoms with E-state index in [2.05, 4.69) is 19.9 Å². The van der Waals surface area contributed by atoms with Gasteiger partial charge in [-0.05, 0) is 39.0 Å². The summed E-state index contributed by atoms with van der Waals surface area (Å²) in [6, 6.07) is 0. The highest BCUT2D eigenvalue weighted by molar-refractivity contribution is 5.34.